The van der Waals surface area contributed by atoms with Gasteiger partial charge in [-0.3, -0.25) is 4.79 Å². The van der Waals surface area contributed by atoms with E-state index in [9.17, 15) is 4.79 Å². The van der Waals surface area contributed by atoms with Crippen molar-refractivity contribution in [3.8, 4) is 0 Å². The summed E-state index contributed by atoms with van der Waals surface area (Å²) in [4.78, 5) is 15.2. The van der Waals surface area contributed by atoms with Gasteiger partial charge in [-0.1, -0.05) is 13.8 Å². The highest BCUT2D eigenvalue weighted by Crippen LogP contribution is 2.18. The summed E-state index contributed by atoms with van der Waals surface area (Å²) in [5.74, 6) is 0.544. The van der Waals surface area contributed by atoms with Gasteiger partial charge >= 0.3 is 0 Å². The van der Waals surface area contributed by atoms with Gasteiger partial charge in [-0.25, -0.2) is 4.98 Å². The molecule has 0 aliphatic carbocycles. The largest absolute Gasteiger partial charge is 0.332 e. The first kappa shape index (κ1) is 9.90. The van der Waals surface area contributed by atoms with Gasteiger partial charge in [0, 0.05) is 29.9 Å². The number of carbonyl (C=O) groups is 1. The van der Waals surface area contributed by atoms with Crippen molar-refractivity contribution in [2.24, 2.45) is 5.92 Å². The van der Waals surface area contributed by atoms with Crippen LogP contribution in [-0.2, 0) is 6.54 Å². The molecule has 0 saturated heterocycles. The Kier molecular flexibility index (Phi) is 2.54. The van der Waals surface area contributed by atoms with E-state index >= 15 is 0 Å². The van der Waals surface area contributed by atoms with Crippen LogP contribution < -0.4 is 0 Å². The lowest BCUT2D eigenvalue weighted by molar-refractivity contribution is 0.112. The quantitative estimate of drug-likeness (QED) is 0.717. The predicted octanol–water partition coefficient (Wildman–Crippen LogP) is 2.50. The van der Waals surface area contributed by atoms with Gasteiger partial charge < -0.3 is 4.57 Å². The Morgan fingerprint density at radius 2 is 2.33 bits per heavy atom. The number of fused-ring (bicyclic) bond motifs is 1. The van der Waals surface area contributed by atoms with E-state index in [-0.39, 0.29) is 0 Å². The molecule has 2 rings (SSSR count). The Morgan fingerprint density at radius 3 is 3.00 bits per heavy atom. The fourth-order valence-corrected chi connectivity index (χ4v) is 1.78. The zero-order valence-electron chi connectivity index (χ0n) is 8.97. The van der Waals surface area contributed by atoms with Crippen molar-refractivity contribution in [3.63, 3.8) is 0 Å². The molecule has 0 spiro atoms. The minimum absolute atomic E-state index is 0.544. The van der Waals surface area contributed by atoms with Crippen molar-refractivity contribution in [1.82, 2.24) is 9.55 Å². The lowest BCUT2D eigenvalue weighted by atomic mass is 10.2. The van der Waals surface area contributed by atoms with Crippen LogP contribution >= 0.6 is 0 Å². The molecule has 0 fully saturated rings. The SMILES string of the molecule is CC(C)Cn1cc(C=O)c2cccnc21. The zero-order chi connectivity index (χ0) is 10.8. The highest BCUT2D eigenvalue weighted by molar-refractivity contribution is 5.95. The second kappa shape index (κ2) is 3.85. The lowest BCUT2D eigenvalue weighted by Gasteiger charge is -2.06. The molecule has 0 amide bonds. The Bertz CT molecular complexity index is 485. The van der Waals surface area contributed by atoms with Crippen molar-refractivity contribution in [1.29, 1.82) is 0 Å². The first-order valence-corrected chi connectivity index (χ1v) is 5.11. The Hall–Kier alpha value is -1.64. The van der Waals surface area contributed by atoms with Gasteiger partial charge in [-0.15, -0.1) is 0 Å². The molecule has 2 aromatic rings. The molecule has 0 unspecified atom stereocenters. The summed E-state index contributed by atoms with van der Waals surface area (Å²) in [6.07, 6.45) is 4.53. The summed E-state index contributed by atoms with van der Waals surface area (Å²) in [6, 6.07) is 3.79. The number of rotatable bonds is 3. The summed E-state index contributed by atoms with van der Waals surface area (Å²) in [6.45, 7) is 5.19. The van der Waals surface area contributed by atoms with Gasteiger partial charge in [0.2, 0.25) is 0 Å². The van der Waals surface area contributed by atoms with Gasteiger partial charge in [-0.2, -0.15) is 0 Å². The molecule has 0 bridgehead atoms. The van der Waals surface area contributed by atoms with Gasteiger partial charge in [0.25, 0.3) is 0 Å². The molecular formula is C12H14N2O. The molecular weight excluding hydrogens is 188 g/mol. The van der Waals surface area contributed by atoms with E-state index in [2.05, 4.69) is 18.8 Å². The van der Waals surface area contributed by atoms with E-state index in [0.717, 1.165) is 29.4 Å². The molecule has 0 N–H and O–H groups in total. The zero-order valence-corrected chi connectivity index (χ0v) is 8.97. The predicted molar refractivity (Wildman–Crippen MR) is 60.0 cm³/mol. The summed E-state index contributed by atoms with van der Waals surface area (Å²) in [5, 5.41) is 0.938. The average Bonchev–Trinajstić information content (AvgIpc) is 2.56. The third-order valence-electron chi connectivity index (χ3n) is 2.35. The van der Waals surface area contributed by atoms with Crippen molar-refractivity contribution in [3.05, 3.63) is 30.1 Å². The van der Waals surface area contributed by atoms with Crippen LogP contribution in [0.3, 0.4) is 0 Å². The number of hydrogen-bond acceptors (Lipinski definition) is 2. The molecule has 0 aliphatic rings. The molecule has 2 aromatic heterocycles. The van der Waals surface area contributed by atoms with Crippen LogP contribution in [0.15, 0.2) is 24.5 Å². The average molecular weight is 202 g/mol. The van der Waals surface area contributed by atoms with Gasteiger partial charge in [-0.05, 0) is 18.1 Å². The Balaban J connectivity index is 2.59. The monoisotopic (exact) mass is 202 g/mol. The summed E-state index contributed by atoms with van der Waals surface area (Å²) in [5.41, 5.74) is 1.62. The maximum absolute atomic E-state index is 10.9. The van der Waals surface area contributed by atoms with E-state index in [0.29, 0.717) is 5.92 Å². The number of aldehydes is 1. The van der Waals surface area contributed by atoms with Crippen molar-refractivity contribution >= 4 is 17.3 Å². The van der Waals surface area contributed by atoms with E-state index in [4.69, 9.17) is 0 Å². The topological polar surface area (TPSA) is 34.9 Å². The summed E-state index contributed by atoms with van der Waals surface area (Å²) >= 11 is 0. The molecule has 0 aromatic carbocycles. The molecule has 2 heterocycles. The Morgan fingerprint density at radius 1 is 1.53 bits per heavy atom. The number of hydrogen-bond donors (Lipinski definition) is 0. The van der Waals surface area contributed by atoms with Crippen LogP contribution in [0.4, 0.5) is 0 Å². The van der Waals surface area contributed by atoms with Crippen molar-refractivity contribution < 1.29 is 4.79 Å². The third kappa shape index (κ3) is 1.77. The summed E-state index contributed by atoms with van der Waals surface area (Å²) in [7, 11) is 0. The maximum Gasteiger partial charge on any atom is 0.152 e. The van der Waals surface area contributed by atoms with E-state index in [1.54, 1.807) is 6.20 Å². The smallest absolute Gasteiger partial charge is 0.152 e. The fourth-order valence-electron chi connectivity index (χ4n) is 1.78. The van der Waals surface area contributed by atoms with Gasteiger partial charge in [0.15, 0.2) is 6.29 Å². The van der Waals surface area contributed by atoms with Crippen LogP contribution in [0.25, 0.3) is 11.0 Å². The lowest BCUT2D eigenvalue weighted by Crippen LogP contribution is -2.03. The molecule has 15 heavy (non-hydrogen) atoms. The van der Waals surface area contributed by atoms with E-state index < -0.39 is 0 Å². The number of aromatic nitrogens is 2. The minimum atomic E-state index is 0.544. The standard InChI is InChI=1S/C12H14N2O/c1-9(2)6-14-7-10(8-15)11-4-3-5-13-12(11)14/h3-5,7-9H,6H2,1-2H3. The van der Waals surface area contributed by atoms with Crippen molar-refractivity contribution in [2.45, 2.75) is 20.4 Å². The molecule has 78 valence electrons. The normalized spacial score (nSPS) is 11.1. The second-order valence-corrected chi connectivity index (χ2v) is 4.12. The number of nitrogens with zero attached hydrogens (tertiary/aromatic N) is 2. The van der Waals surface area contributed by atoms with E-state index in [1.807, 2.05) is 22.9 Å². The van der Waals surface area contributed by atoms with Gasteiger partial charge in [0.05, 0.1) is 0 Å². The molecule has 0 saturated carbocycles. The number of pyridine rings is 1. The molecule has 0 radical (unpaired) electrons. The molecule has 0 atom stereocenters. The highest BCUT2D eigenvalue weighted by Gasteiger charge is 2.08. The van der Waals surface area contributed by atoms with Gasteiger partial charge in [0.1, 0.15) is 5.65 Å². The fraction of sp³-hybridized carbons (Fsp3) is 0.333. The minimum Gasteiger partial charge on any atom is -0.332 e. The van der Waals surface area contributed by atoms with Crippen LogP contribution in [-0.4, -0.2) is 15.8 Å². The molecule has 3 heteroatoms. The summed E-state index contributed by atoms with van der Waals surface area (Å²) < 4.78 is 2.05. The van der Waals surface area contributed by atoms with Crippen LogP contribution in [0.5, 0.6) is 0 Å². The van der Waals surface area contributed by atoms with Crippen LogP contribution in [0.1, 0.15) is 24.2 Å². The Labute approximate surface area is 88.7 Å². The van der Waals surface area contributed by atoms with Crippen LogP contribution in [0, 0.1) is 5.92 Å². The highest BCUT2D eigenvalue weighted by atomic mass is 16.1. The molecule has 3 nitrogen and oxygen atoms in total. The number of carbonyl (C=O) groups excluding carboxylic acids is 1. The molecule has 0 aliphatic heterocycles. The first-order chi connectivity index (χ1) is 7.22. The van der Waals surface area contributed by atoms with Crippen molar-refractivity contribution in [2.75, 3.05) is 0 Å². The first-order valence-electron chi connectivity index (χ1n) is 5.11. The maximum atomic E-state index is 10.9. The van der Waals surface area contributed by atoms with Crippen LogP contribution in [0.2, 0.25) is 0 Å². The second-order valence-electron chi connectivity index (χ2n) is 4.12. The third-order valence-corrected chi connectivity index (χ3v) is 2.35. The van der Waals surface area contributed by atoms with E-state index in [1.165, 1.54) is 0 Å².